The monoisotopic (exact) mass is 298 g/mol. The normalized spacial score (nSPS) is 13.3. The molecule has 0 heterocycles. The van der Waals surface area contributed by atoms with Crippen molar-refractivity contribution < 1.29 is 4.79 Å². The van der Waals surface area contributed by atoms with Crippen LogP contribution in [0, 0.1) is 12.3 Å². The molecule has 0 saturated carbocycles. The van der Waals surface area contributed by atoms with Crippen molar-refractivity contribution in [2.75, 3.05) is 5.32 Å². The number of amides is 1. The molecule has 94 valence electrons. The van der Waals surface area contributed by atoms with Crippen molar-refractivity contribution in [2.45, 2.75) is 33.7 Å². The van der Waals surface area contributed by atoms with Gasteiger partial charge in [0.1, 0.15) is 0 Å². The zero-order chi connectivity index (χ0) is 13.2. The third-order valence-electron chi connectivity index (χ3n) is 2.60. The number of nitrogens with one attached hydrogen (secondary N) is 1. The minimum atomic E-state index is -0.532. The highest BCUT2D eigenvalue weighted by Gasteiger charge is 2.27. The number of anilines is 1. The Morgan fingerprint density at radius 1 is 1.41 bits per heavy atom. The van der Waals surface area contributed by atoms with Crippen molar-refractivity contribution in [1.82, 2.24) is 0 Å². The van der Waals surface area contributed by atoms with E-state index in [1.165, 1.54) is 0 Å². The lowest BCUT2D eigenvalue weighted by molar-refractivity contribution is -0.119. The van der Waals surface area contributed by atoms with Crippen LogP contribution in [-0.2, 0) is 4.79 Å². The fourth-order valence-electron chi connectivity index (χ4n) is 1.33. The van der Waals surface area contributed by atoms with Crippen LogP contribution in [0.5, 0.6) is 0 Å². The van der Waals surface area contributed by atoms with E-state index in [0.717, 1.165) is 15.7 Å². The summed E-state index contributed by atoms with van der Waals surface area (Å²) in [5, 5.41) is 2.83. The van der Waals surface area contributed by atoms with Gasteiger partial charge in [-0.3, -0.25) is 4.79 Å². The Bertz CT molecular complexity index is 424. The van der Waals surface area contributed by atoms with E-state index in [4.69, 9.17) is 5.73 Å². The quantitative estimate of drug-likeness (QED) is 0.881. The first kappa shape index (κ1) is 14.2. The molecule has 0 spiro atoms. The van der Waals surface area contributed by atoms with E-state index >= 15 is 0 Å². The molecule has 0 unspecified atom stereocenters. The van der Waals surface area contributed by atoms with Gasteiger partial charge in [-0.25, -0.2) is 0 Å². The van der Waals surface area contributed by atoms with Gasteiger partial charge in [-0.1, -0.05) is 26.8 Å². The van der Waals surface area contributed by atoms with Crippen LogP contribution in [0.25, 0.3) is 0 Å². The molecule has 0 aliphatic rings. The molecule has 0 radical (unpaired) electrons. The average Bonchev–Trinajstić information content (AvgIpc) is 2.19. The molecule has 1 rings (SSSR count). The summed E-state index contributed by atoms with van der Waals surface area (Å²) in [5.41, 5.74) is 7.53. The van der Waals surface area contributed by atoms with E-state index in [1.54, 1.807) is 0 Å². The van der Waals surface area contributed by atoms with E-state index in [0.29, 0.717) is 0 Å². The molecule has 0 saturated heterocycles. The molecule has 1 aromatic carbocycles. The zero-order valence-corrected chi connectivity index (χ0v) is 12.3. The van der Waals surface area contributed by atoms with E-state index in [-0.39, 0.29) is 11.3 Å². The van der Waals surface area contributed by atoms with Gasteiger partial charge in [0.25, 0.3) is 0 Å². The third kappa shape index (κ3) is 3.82. The number of aryl methyl sites for hydroxylation is 1. The highest BCUT2D eigenvalue weighted by atomic mass is 79.9. The average molecular weight is 299 g/mol. The molecule has 4 heteroatoms. The SMILES string of the molecule is Cc1ccc(NC(=O)[C@@H](N)C(C)(C)C)c(Br)c1. The molecular formula is C13H19BrN2O. The third-order valence-corrected chi connectivity index (χ3v) is 3.25. The molecule has 3 N–H and O–H groups in total. The minimum Gasteiger partial charge on any atom is -0.324 e. The Balaban J connectivity index is 2.82. The summed E-state index contributed by atoms with van der Waals surface area (Å²) in [6, 6.07) is 5.24. The van der Waals surface area contributed by atoms with Gasteiger partial charge in [-0.15, -0.1) is 0 Å². The van der Waals surface area contributed by atoms with Crippen LogP contribution < -0.4 is 11.1 Å². The van der Waals surface area contributed by atoms with Gasteiger partial charge < -0.3 is 11.1 Å². The topological polar surface area (TPSA) is 55.1 Å². The van der Waals surface area contributed by atoms with Crippen LogP contribution in [0.2, 0.25) is 0 Å². The molecule has 0 aliphatic carbocycles. The second-order valence-electron chi connectivity index (χ2n) is 5.32. The number of rotatable bonds is 2. The zero-order valence-electron chi connectivity index (χ0n) is 10.7. The van der Waals surface area contributed by atoms with Crippen LogP contribution in [0.3, 0.4) is 0 Å². The predicted octanol–water partition coefficient (Wildman–Crippen LogP) is 3.07. The number of carbonyl (C=O) groups is 1. The van der Waals surface area contributed by atoms with Crippen LogP contribution in [0.1, 0.15) is 26.3 Å². The maximum atomic E-state index is 11.9. The molecule has 0 aliphatic heterocycles. The minimum absolute atomic E-state index is 0.165. The van der Waals surface area contributed by atoms with Crippen LogP contribution >= 0.6 is 15.9 Å². The summed E-state index contributed by atoms with van der Waals surface area (Å²) in [6.45, 7) is 7.83. The first-order valence-electron chi connectivity index (χ1n) is 5.54. The van der Waals surface area contributed by atoms with Crippen molar-refractivity contribution in [3.63, 3.8) is 0 Å². The standard InChI is InChI=1S/C13H19BrN2O/c1-8-5-6-10(9(14)7-8)16-12(17)11(15)13(2,3)4/h5-7,11H,15H2,1-4H3,(H,16,17)/t11-/m1/s1. The van der Waals surface area contributed by atoms with E-state index in [2.05, 4.69) is 21.2 Å². The number of nitrogens with two attached hydrogens (primary N) is 1. The van der Waals surface area contributed by atoms with Crippen molar-refractivity contribution in [1.29, 1.82) is 0 Å². The number of benzene rings is 1. The van der Waals surface area contributed by atoms with Gasteiger partial charge >= 0.3 is 0 Å². The summed E-state index contributed by atoms with van der Waals surface area (Å²) in [7, 11) is 0. The van der Waals surface area contributed by atoms with Crippen molar-refractivity contribution in [3.8, 4) is 0 Å². The van der Waals surface area contributed by atoms with Gasteiger partial charge in [-0.2, -0.15) is 0 Å². The smallest absolute Gasteiger partial charge is 0.241 e. The summed E-state index contributed by atoms with van der Waals surface area (Å²) < 4.78 is 0.868. The largest absolute Gasteiger partial charge is 0.324 e. The predicted molar refractivity (Wildman–Crippen MR) is 74.9 cm³/mol. The number of carbonyl (C=O) groups excluding carboxylic acids is 1. The van der Waals surface area contributed by atoms with Crippen molar-refractivity contribution in [3.05, 3.63) is 28.2 Å². The van der Waals surface area contributed by atoms with Gasteiger partial charge in [0.2, 0.25) is 5.91 Å². The summed E-state index contributed by atoms with van der Waals surface area (Å²) >= 11 is 3.42. The van der Waals surface area contributed by atoms with Crippen LogP contribution in [0.4, 0.5) is 5.69 Å². The maximum absolute atomic E-state index is 11.9. The molecular weight excluding hydrogens is 280 g/mol. The highest BCUT2D eigenvalue weighted by molar-refractivity contribution is 9.10. The lowest BCUT2D eigenvalue weighted by atomic mass is 9.87. The molecule has 3 nitrogen and oxygen atoms in total. The summed E-state index contributed by atoms with van der Waals surface area (Å²) in [4.78, 5) is 11.9. The van der Waals surface area contributed by atoms with E-state index in [1.807, 2.05) is 45.9 Å². The first-order valence-corrected chi connectivity index (χ1v) is 6.33. The second-order valence-corrected chi connectivity index (χ2v) is 6.17. The molecule has 0 aromatic heterocycles. The first-order chi connectivity index (χ1) is 7.71. The Kier molecular flexibility index (Phi) is 4.33. The van der Waals surface area contributed by atoms with E-state index in [9.17, 15) is 4.79 Å². The van der Waals surface area contributed by atoms with Crippen LogP contribution in [0.15, 0.2) is 22.7 Å². The Morgan fingerprint density at radius 2 is 2.00 bits per heavy atom. The van der Waals surface area contributed by atoms with Gasteiger partial charge in [0.05, 0.1) is 11.7 Å². The molecule has 1 amide bonds. The highest BCUT2D eigenvalue weighted by Crippen LogP contribution is 2.25. The van der Waals surface area contributed by atoms with E-state index < -0.39 is 6.04 Å². The number of halogens is 1. The second kappa shape index (κ2) is 5.19. The number of hydrogen-bond acceptors (Lipinski definition) is 2. The fourth-order valence-corrected chi connectivity index (χ4v) is 1.92. The summed E-state index contributed by atoms with van der Waals surface area (Å²) in [5.74, 6) is -0.165. The van der Waals surface area contributed by atoms with Gasteiger partial charge in [0.15, 0.2) is 0 Å². The van der Waals surface area contributed by atoms with Crippen molar-refractivity contribution >= 4 is 27.5 Å². The molecule has 0 fully saturated rings. The lowest BCUT2D eigenvalue weighted by Crippen LogP contribution is -2.45. The van der Waals surface area contributed by atoms with Gasteiger partial charge in [0, 0.05) is 4.47 Å². The van der Waals surface area contributed by atoms with Crippen molar-refractivity contribution in [2.24, 2.45) is 11.1 Å². The Labute approximate surface area is 111 Å². The molecule has 0 bridgehead atoms. The van der Waals surface area contributed by atoms with Gasteiger partial charge in [-0.05, 0) is 46.0 Å². The Hall–Kier alpha value is -0.870. The molecule has 17 heavy (non-hydrogen) atoms. The fraction of sp³-hybridized carbons (Fsp3) is 0.462. The maximum Gasteiger partial charge on any atom is 0.241 e. The molecule has 1 atom stereocenters. The number of hydrogen-bond donors (Lipinski definition) is 2. The lowest BCUT2D eigenvalue weighted by Gasteiger charge is -2.26. The molecule has 1 aromatic rings. The van der Waals surface area contributed by atoms with Crippen LogP contribution in [-0.4, -0.2) is 11.9 Å². The summed E-state index contributed by atoms with van der Waals surface area (Å²) in [6.07, 6.45) is 0. The Morgan fingerprint density at radius 3 is 2.47 bits per heavy atom.